The number of piperidine rings is 1. The molecule has 3 N–H and O–H groups in total. The molecule has 2 unspecified atom stereocenters. The monoisotopic (exact) mass is 260 g/mol. The van der Waals surface area contributed by atoms with Crippen LogP contribution in [0.4, 0.5) is 5.69 Å². The zero-order valence-electron chi connectivity index (χ0n) is 11.0. The Hall–Kier alpha value is -1.78. The van der Waals surface area contributed by atoms with Crippen LogP contribution in [0.1, 0.15) is 37.8 Å². The first kappa shape index (κ1) is 12.3. The molecule has 3 rings (SSSR count). The number of fused-ring (bicyclic) bond motifs is 1. The van der Waals surface area contributed by atoms with Crippen LogP contribution in [0.25, 0.3) is 0 Å². The number of aromatic nitrogens is 1. The van der Waals surface area contributed by atoms with Gasteiger partial charge in [-0.05, 0) is 43.7 Å². The van der Waals surface area contributed by atoms with Gasteiger partial charge in [-0.25, -0.2) is 0 Å². The summed E-state index contributed by atoms with van der Waals surface area (Å²) in [5.41, 5.74) is 7.21. The smallest absolute Gasteiger partial charge is 0.188 e. The first-order chi connectivity index (χ1) is 9.29. The maximum atomic E-state index is 8.64. The summed E-state index contributed by atoms with van der Waals surface area (Å²) in [6, 6.07) is 4.54. The molecule has 1 aliphatic carbocycles. The van der Waals surface area contributed by atoms with Gasteiger partial charge in [0.05, 0.1) is 11.9 Å². The summed E-state index contributed by atoms with van der Waals surface area (Å²) in [6.45, 7) is 1.12. The Morgan fingerprint density at radius 3 is 2.89 bits per heavy atom. The van der Waals surface area contributed by atoms with E-state index in [9.17, 15) is 0 Å². The molecule has 19 heavy (non-hydrogen) atoms. The lowest BCUT2D eigenvalue weighted by molar-refractivity contribution is 0.318. The van der Waals surface area contributed by atoms with Crippen LogP contribution in [-0.2, 0) is 0 Å². The Bertz CT molecular complexity index is 471. The van der Waals surface area contributed by atoms with E-state index in [0.29, 0.717) is 11.7 Å². The second kappa shape index (κ2) is 5.07. The van der Waals surface area contributed by atoms with E-state index in [-0.39, 0.29) is 5.84 Å². The van der Waals surface area contributed by atoms with Crippen molar-refractivity contribution in [2.75, 3.05) is 11.4 Å². The van der Waals surface area contributed by atoms with Crippen molar-refractivity contribution in [3.63, 3.8) is 0 Å². The number of nitrogens with zero attached hydrogens (tertiary/aromatic N) is 3. The quantitative estimate of drug-likeness (QED) is 0.369. The standard InChI is InChI=1S/C14H20N4O/c15-14(17-19)12-7-6-11(9-16-12)18-8-2-4-10-3-1-5-13(10)18/h6-7,9-10,13,19H,1-5,8H2,(H2,15,17). The number of rotatable bonds is 2. The third kappa shape index (κ3) is 2.25. The van der Waals surface area contributed by atoms with Crippen molar-refractivity contribution in [2.45, 2.75) is 38.1 Å². The minimum Gasteiger partial charge on any atom is -0.409 e. The van der Waals surface area contributed by atoms with Crippen LogP contribution in [0.5, 0.6) is 0 Å². The van der Waals surface area contributed by atoms with Crippen LogP contribution in [-0.4, -0.2) is 28.6 Å². The van der Waals surface area contributed by atoms with Crippen LogP contribution in [0.15, 0.2) is 23.5 Å². The summed E-state index contributed by atoms with van der Waals surface area (Å²) in [7, 11) is 0. The Kier molecular flexibility index (Phi) is 3.27. The fourth-order valence-corrected chi connectivity index (χ4v) is 3.53. The van der Waals surface area contributed by atoms with Gasteiger partial charge in [-0.3, -0.25) is 4.98 Å². The molecule has 0 bridgehead atoms. The first-order valence-electron chi connectivity index (χ1n) is 7.00. The molecule has 0 spiro atoms. The number of hydrogen-bond donors (Lipinski definition) is 2. The molecule has 2 aliphatic rings. The van der Waals surface area contributed by atoms with Crippen molar-refractivity contribution in [3.8, 4) is 0 Å². The second-order valence-corrected chi connectivity index (χ2v) is 5.48. The molecule has 1 aromatic heterocycles. The van der Waals surface area contributed by atoms with Gasteiger partial charge in [0, 0.05) is 12.6 Å². The third-order valence-corrected chi connectivity index (χ3v) is 4.44. The van der Waals surface area contributed by atoms with Crippen molar-refractivity contribution >= 4 is 11.5 Å². The molecule has 5 nitrogen and oxygen atoms in total. The Morgan fingerprint density at radius 2 is 2.16 bits per heavy atom. The van der Waals surface area contributed by atoms with E-state index in [0.717, 1.165) is 18.2 Å². The van der Waals surface area contributed by atoms with Crippen molar-refractivity contribution in [2.24, 2.45) is 16.8 Å². The van der Waals surface area contributed by atoms with Crippen LogP contribution in [0.3, 0.4) is 0 Å². The average Bonchev–Trinajstić information content (AvgIpc) is 2.95. The fraction of sp³-hybridized carbons (Fsp3) is 0.571. The number of amidine groups is 1. The molecule has 0 aromatic carbocycles. The van der Waals surface area contributed by atoms with E-state index in [1.165, 1.54) is 32.1 Å². The lowest BCUT2D eigenvalue weighted by Crippen LogP contribution is -2.42. The zero-order chi connectivity index (χ0) is 13.2. The van der Waals surface area contributed by atoms with Crippen molar-refractivity contribution in [1.82, 2.24) is 4.98 Å². The maximum absolute atomic E-state index is 8.64. The predicted molar refractivity (Wildman–Crippen MR) is 74.5 cm³/mol. The molecular formula is C14H20N4O. The van der Waals surface area contributed by atoms with E-state index in [4.69, 9.17) is 10.9 Å². The van der Waals surface area contributed by atoms with Gasteiger partial charge in [-0.1, -0.05) is 11.6 Å². The van der Waals surface area contributed by atoms with E-state index < -0.39 is 0 Å². The van der Waals surface area contributed by atoms with Crippen LogP contribution >= 0.6 is 0 Å². The number of anilines is 1. The summed E-state index contributed by atoms with van der Waals surface area (Å²) in [5, 5.41) is 11.6. The number of oxime groups is 1. The summed E-state index contributed by atoms with van der Waals surface area (Å²) in [4.78, 5) is 6.77. The van der Waals surface area contributed by atoms with Crippen LogP contribution in [0, 0.1) is 5.92 Å². The SMILES string of the molecule is N/C(=N/O)c1ccc(N2CCCC3CCCC32)cn1. The summed E-state index contributed by atoms with van der Waals surface area (Å²) < 4.78 is 0. The van der Waals surface area contributed by atoms with E-state index in [1.54, 1.807) is 0 Å². The van der Waals surface area contributed by atoms with E-state index in [2.05, 4.69) is 15.0 Å². The van der Waals surface area contributed by atoms with Gasteiger partial charge in [0.2, 0.25) is 0 Å². The normalized spacial score (nSPS) is 27.4. The molecule has 1 saturated heterocycles. The van der Waals surface area contributed by atoms with Gasteiger partial charge in [-0.2, -0.15) is 0 Å². The van der Waals surface area contributed by atoms with Gasteiger partial charge in [0.25, 0.3) is 0 Å². The van der Waals surface area contributed by atoms with Gasteiger partial charge >= 0.3 is 0 Å². The highest BCUT2D eigenvalue weighted by molar-refractivity contribution is 5.95. The fourth-order valence-electron chi connectivity index (χ4n) is 3.53. The average molecular weight is 260 g/mol. The largest absolute Gasteiger partial charge is 0.409 e. The molecule has 102 valence electrons. The molecule has 1 saturated carbocycles. The van der Waals surface area contributed by atoms with Crippen molar-refractivity contribution < 1.29 is 5.21 Å². The minimum absolute atomic E-state index is 0.0592. The number of pyridine rings is 1. The summed E-state index contributed by atoms with van der Waals surface area (Å²) in [6.07, 6.45) is 8.50. The Labute approximate surface area is 113 Å². The zero-order valence-corrected chi connectivity index (χ0v) is 11.0. The lowest BCUT2D eigenvalue weighted by atomic mass is 9.91. The number of hydrogen-bond acceptors (Lipinski definition) is 4. The highest BCUT2D eigenvalue weighted by Gasteiger charge is 2.35. The van der Waals surface area contributed by atoms with E-state index >= 15 is 0 Å². The highest BCUT2D eigenvalue weighted by atomic mass is 16.4. The molecule has 5 heteroatoms. The lowest BCUT2D eigenvalue weighted by Gasteiger charge is -2.39. The molecule has 0 radical (unpaired) electrons. The first-order valence-corrected chi connectivity index (χ1v) is 7.00. The molecule has 2 fully saturated rings. The Balaban J connectivity index is 1.81. The Morgan fingerprint density at radius 1 is 1.32 bits per heavy atom. The molecule has 2 atom stereocenters. The molecule has 1 aromatic rings. The van der Waals surface area contributed by atoms with Gasteiger partial charge < -0.3 is 15.8 Å². The minimum atomic E-state index is 0.0592. The van der Waals surface area contributed by atoms with Crippen molar-refractivity contribution in [1.29, 1.82) is 0 Å². The van der Waals surface area contributed by atoms with Gasteiger partial charge in [0.15, 0.2) is 5.84 Å². The molecular weight excluding hydrogens is 240 g/mol. The van der Waals surface area contributed by atoms with Crippen LogP contribution < -0.4 is 10.6 Å². The van der Waals surface area contributed by atoms with Gasteiger partial charge in [0.1, 0.15) is 5.69 Å². The molecule has 2 heterocycles. The van der Waals surface area contributed by atoms with Crippen molar-refractivity contribution in [3.05, 3.63) is 24.0 Å². The summed E-state index contributed by atoms with van der Waals surface area (Å²) >= 11 is 0. The second-order valence-electron chi connectivity index (χ2n) is 5.48. The highest BCUT2D eigenvalue weighted by Crippen LogP contribution is 2.38. The van der Waals surface area contributed by atoms with Crippen LogP contribution in [0.2, 0.25) is 0 Å². The third-order valence-electron chi connectivity index (χ3n) is 4.44. The summed E-state index contributed by atoms with van der Waals surface area (Å²) in [5.74, 6) is 0.918. The topological polar surface area (TPSA) is 74.7 Å². The molecule has 0 amide bonds. The van der Waals surface area contributed by atoms with E-state index in [1.807, 2.05) is 18.3 Å². The number of nitrogens with two attached hydrogens (primary N) is 1. The maximum Gasteiger partial charge on any atom is 0.188 e. The molecule has 1 aliphatic heterocycles. The predicted octanol–water partition coefficient (Wildman–Crippen LogP) is 1.95. The van der Waals surface area contributed by atoms with Gasteiger partial charge in [-0.15, -0.1) is 0 Å².